The lowest BCUT2D eigenvalue weighted by atomic mass is 9.93. The number of aliphatic hydroxyl groups excluding tert-OH is 1. The highest BCUT2D eigenvalue weighted by atomic mass is 32.2. The minimum atomic E-state index is -0.411. The van der Waals surface area contributed by atoms with Crippen molar-refractivity contribution in [1.29, 1.82) is 0 Å². The molecule has 1 spiro atoms. The normalized spacial score (nSPS) is 27.3. The number of hydrogen-bond donors (Lipinski definition) is 1. The van der Waals surface area contributed by atoms with Crippen LogP contribution in [0.5, 0.6) is 0 Å². The summed E-state index contributed by atoms with van der Waals surface area (Å²) in [5, 5.41) is 9.44. The number of rotatable bonds is 2. The molecule has 3 nitrogen and oxygen atoms in total. The molecule has 15 heavy (non-hydrogen) atoms. The van der Waals surface area contributed by atoms with Crippen molar-refractivity contribution in [2.24, 2.45) is 0 Å². The van der Waals surface area contributed by atoms with E-state index < -0.39 is 6.10 Å². The number of amides is 1. The van der Waals surface area contributed by atoms with Gasteiger partial charge >= 0.3 is 0 Å². The van der Waals surface area contributed by atoms with Crippen LogP contribution in [0.25, 0.3) is 0 Å². The number of thioether (sulfide) groups is 1. The molecule has 1 N–H and O–H groups in total. The summed E-state index contributed by atoms with van der Waals surface area (Å²) in [4.78, 5) is 13.7. The Morgan fingerprint density at radius 3 is 2.73 bits per heavy atom. The van der Waals surface area contributed by atoms with Crippen molar-refractivity contribution in [3.8, 4) is 0 Å². The first-order valence-corrected chi connectivity index (χ1v) is 6.75. The highest BCUT2D eigenvalue weighted by Crippen LogP contribution is 2.46. The fraction of sp³-hybridized carbons (Fsp3) is 0.909. The quantitative estimate of drug-likeness (QED) is 0.782. The largest absolute Gasteiger partial charge is 0.392 e. The summed E-state index contributed by atoms with van der Waals surface area (Å²) in [7, 11) is 0. The first kappa shape index (κ1) is 11.3. The van der Waals surface area contributed by atoms with Crippen LogP contribution in [0.2, 0.25) is 0 Å². The van der Waals surface area contributed by atoms with Gasteiger partial charge in [-0.15, -0.1) is 11.8 Å². The van der Waals surface area contributed by atoms with Gasteiger partial charge in [-0.1, -0.05) is 19.3 Å². The Balaban J connectivity index is 2.11. The SMILES string of the molecule is C[C@H](O)CN1C(=O)CSC12CCCCC2. The highest BCUT2D eigenvalue weighted by Gasteiger charge is 2.46. The average molecular weight is 229 g/mol. The highest BCUT2D eigenvalue weighted by molar-refractivity contribution is 8.01. The second-order valence-corrected chi connectivity index (χ2v) is 5.99. The van der Waals surface area contributed by atoms with Crippen molar-refractivity contribution in [3.63, 3.8) is 0 Å². The summed E-state index contributed by atoms with van der Waals surface area (Å²) >= 11 is 1.79. The Hall–Kier alpha value is -0.220. The van der Waals surface area contributed by atoms with E-state index in [0.717, 1.165) is 12.8 Å². The standard InChI is InChI=1S/C11H19NO2S/c1-9(13)7-12-10(14)8-15-11(12)5-3-2-4-6-11/h9,13H,2-8H2,1H3/t9-/m0/s1. The molecule has 2 aliphatic rings. The van der Waals surface area contributed by atoms with Gasteiger partial charge in [-0.3, -0.25) is 4.79 Å². The molecule has 1 saturated carbocycles. The molecule has 4 heteroatoms. The van der Waals surface area contributed by atoms with Crippen LogP contribution in [0.1, 0.15) is 39.0 Å². The van der Waals surface area contributed by atoms with Crippen molar-refractivity contribution in [1.82, 2.24) is 4.90 Å². The van der Waals surface area contributed by atoms with Gasteiger partial charge in [0.05, 0.1) is 16.7 Å². The van der Waals surface area contributed by atoms with Crippen LogP contribution in [-0.2, 0) is 4.79 Å². The topological polar surface area (TPSA) is 40.5 Å². The second kappa shape index (κ2) is 4.34. The van der Waals surface area contributed by atoms with Crippen molar-refractivity contribution >= 4 is 17.7 Å². The molecule has 1 amide bonds. The molecule has 1 saturated heterocycles. The van der Waals surface area contributed by atoms with E-state index in [4.69, 9.17) is 0 Å². The molecule has 2 fully saturated rings. The molecular formula is C11H19NO2S. The Labute approximate surface area is 95.2 Å². The van der Waals surface area contributed by atoms with Gasteiger partial charge in [0.25, 0.3) is 0 Å². The van der Waals surface area contributed by atoms with Gasteiger partial charge < -0.3 is 10.0 Å². The molecule has 0 bridgehead atoms. The summed E-state index contributed by atoms with van der Waals surface area (Å²) in [6.07, 6.45) is 5.53. The second-order valence-electron chi connectivity index (χ2n) is 4.65. The van der Waals surface area contributed by atoms with Gasteiger partial charge in [0, 0.05) is 6.54 Å². The number of hydrogen-bond acceptors (Lipinski definition) is 3. The molecular weight excluding hydrogens is 210 g/mol. The molecule has 0 unspecified atom stereocenters. The molecule has 0 aromatic rings. The maximum Gasteiger partial charge on any atom is 0.233 e. The van der Waals surface area contributed by atoms with Gasteiger partial charge in [-0.2, -0.15) is 0 Å². The van der Waals surface area contributed by atoms with Gasteiger partial charge in [0.2, 0.25) is 5.91 Å². The van der Waals surface area contributed by atoms with Crippen molar-refractivity contribution in [3.05, 3.63) is 0 Å². The zero-order chi connectivity index (χ0) is 10.9. The van der Waals surface area contributed by atoms with Gasteiger partial charge in [-0.25, -0.2) is 0 Å². The molecule has 1 heterocycles. The smallest absolute Gasteiger partial charge is 0.233 e. The van der Waals surface area contributed by atoms with Crippen LogP contribution in [0, 0.1) is 0 Å². The maximum absolute atomic E-state index is 11.8. The third-order valence-electron chi connectivity index (χ3n) is 3.34. The van der Waals surface area contributed by atoms with Gasteiger partial charge in [0.1, 0.15) is 0 Å². The van der Waals surface area contributed by atoms with E-state index in [-0.39, 0.29) is 10.8 Å². The minimum absolute atomic E-state index is 0.0341. The molecule has 86 valence electrons. The van der Waals surface area contributed by atoms with E-state index in [1.807, 2.05) is 4.90 Å². The number of carbonyl (C=O) groups excluding carboxylic acids is 1. The average Bonchev–Trinajstić information content (AvgIpc) is 2.48. The van der Waals surface area contributed by atoms with Crippen molar-refractivity contribution in [2.45, 2.75) is 50.0 Å². The Morgan fingerprint density at radius 2 is 2.13 bits per heavy atom. The summed E-state index contributed by atoms with van der Waals surface area (Å²) in [5.41, 5.74) is 0. The molecule has 1 aliphatic heterocycles. The molecule has 1 atom stereocenters. The monoisotopic (exact) mass is 229 g/mol. The van der Waals surface area contributed by atoms with E-state index >= 15 is 0 Å². The van der Waals surface area contributed by atoms with Crippen LogP contribution in [0.3, 0.4) is 0 Å². The van der Waals surface area contributed by atoms with Crippen LogP contribution in [0.15, 0.2) is 0 Å². The first-order valence-electron chi connectivity index (χ1n) is 5.76. The Bertz CT molecular complexity index is 249. The number of β-amino-alcohol motifs (C(OH)–C–C–N with tert-alkyl or cyclic N) is 1. The zero-order valence-corrected chi connectivity index (χ0v) is 10.1. The van der Waals surface area contributed by atoms with E-state index in [1.54, 1.807) is 18.7 Å². The van der Waals surface area contributed by atoms with Gasteiger partial charge in [0.15, 0.2) is 0 Å². The van der Waals surface area contributed by atoms with Crippen molar-refractivity contribution in [2.75, 3.05) is 12.3 Å². The van der Waals surface area contributed by atoms with E-state index in [0.29, 0.717) is 12.3 Å². The molecule has 0 radical (unpaired) electrons. The number of aliphatic hydroxyl groups is 1. The van der Waals surface area contributed by atoms with E-state index in [9.17, 15) is 9.90 Å². The third kappa shape index (κ3) is 2.16. The zero-order valence-electron chi connectivity index (χ0n) is 9.24. The maximum atomic E-state index is 11.8. The van der Waals surface area contributed by atoms with E-state index in [2.05, 4.69) is 0 Å². The first-order chi connectivity index (χ1) is 7.14. The minimum Gasteiger partial charge on any atom is -0.392 e. The lowest BCUT2D eigenvalue weighted by molar-refractivity contribution is -0.132. The Kier molecular flexibility index (Phi) is 3.26. The van der Waals surface area contributed by atoms with Crippen molar-refractivity contribution < 1.29 is 9.90 Å². The predicted octanol–water partition coefficient (Wildman–Crippen LogP) is 1.60. The summed E-state index contributed by atoms with van der Waals surface area (Å²) in [5.74, 6) is 0.815. The molecule has 0 aromatic heterocycles. The van der Waals surface area contributed by atoms with Crippen LogP contribution in [-0.4, -0.2) is 39.2 Å². The lowest BCUT2D eigenvalue weighted by Crippen LogP contribution is -2.48. The lowest BCUT2D eigenvalue weighted by Gasteiger charge is -2.41. The van der Waals surface area contributed by atoms with Crippen LogP contribution in [0.4, 0.5) is 0 Å². The van der Waals surface area contributed by atoms with Crippen LogP contribution >= 0.6 is 11.8 Å². The fourth-order valence-electron chi connectivity index (χ4n) is 2.63. The summed E-state index contributed by atoms with van der Waals surface area (Å²) in [6, 6.07) is 0. The van der Waals surface area contributed by atoms with E-state index in [1.165, 1.54) is 19.3 Å². The molecule has 2 rings (SSSR count). The number of carbonyl (C=O) groups is 1. The third-order valence-corrected chi connectivity index (χ3v) is 4.90. The summed E-state index contributed by atoms with van der Waals surface area (Å²) in [6.45, 7) is 2.26. The molecule has 0 aromatic carbocycles. The summed E-state index contributed by atoms with van der Waals surface area (Å²) < 4.78 is 0. The predicted molar refractivity (Wildman–Crippen MR) is 61.7 cm³/mol. The van der Waals surface area contributed by atoms with Gasteiger partial charge in [-0.05, 0) is 19.8 Å². The number of nitrogens with zero attached hydrogens (tertiary/aromatic N) is 1. The Morgan fingerprint density at radius 1 is 1.47 bits per heavy atom. The molecule has 1 aliphatic carbocycles. The van der Waals surface area contributed by atoms with Crippen LogP contribution < -0.4 is 0 Å². The fourth-order valence-corrected chi connectivity index (χ4v) is 4.09.